The van der Waals surface area contributed by atoms with Crippen LogP contribution < -0.4 is 11.3 Å². The Morgan fingerprint density at radius 3 is 2.68 bits per heavy atom. The molecule has 0 saturated heterocycles. The lowest BCUT2D eigenvalue weighted by Gasteiger charge is -2.19. The Morgan fingerprint density at radius 1 is 1.26 bits per heavy atom. The van der Waals surface area contributed by atoms with E-state index in [0.717, 1.165) is 11.3 Å². The Labute approximate surface area is 119 Å². The summed E-state index contributed by atoms with van der Waals surface area (Å²) in [5, 5.41) is 8.01. The number of nitrogens with one attached hydrogen (secondary N) is 1. The Hall–Kier alpha value is -1.37. The van der Waals surface area contributed by atoms with Gasteiger partial charge in [-0.2, -0.15) is 10.2 Å². The maximum absolute atomic E-state index is 14.2. The molecule has 1 aromatic heterocycles. The van der Waals surface area contributed by atoms with Crippen molar-refractivity contribution in [1.82, 2.24) is 15.6 Å². The molecule has 0 bridgehead atoms. The standard InChI is InChI=1S/C13H14BrFN4/c1-7-6-10(8(2)19-18-7)13(17-16)9-4-3-5-11(14)12(9)15/h3-6,13,17H,16H2,1-2H3. The molecule has 1 heterocycles. The summed E-state index contributed by atoms with van der Waals surface area (Å²) in [6, 6.07) is 6.50. The lowest BCUT2D eigenvalue weighted by atomic mass is 9.97. The number of hydrogen-bond acceptors (Lipinski definition) is 4. The second-order valence-corrected chi connectivity index (χ2v) is 5.12. The average Bonchev–Trinajstić information content (AvgIpc) is 2.39. The topological polar surface area (TPSA) is 63.8 Å². The third kappa shape index (κ3) is 2.80. The van der Waals surface area contributed by atoms with Crippen LogP contribution in [0, 0.1) is 19.7 Å². The quantitative estimate of drug-likeness (QED) is 0.672. The maximum atomic E-state index is 14.2. The molecule has 1 atom stereocenters. The molecule has 6 heteroatoms. The zero-order valence-electron chi connectivity index (χ0n) is 10.6. The predicted molar refractivity (Wildman–Crippen MR) is 74.8 cm³/mol. The molecular weight excluding hydrogens is 311 g/mol. The van der Waals surface area contributed by atoms with Gasteiger partial charge in [0.2, 0.25) is 0 Å². The number of hydrogen-bond donors (Lipinski definition) is 2. The van der Waals surface area contributed by atoms with Crippen molar-refractivity contribution in [2.24, 2.45) is 5.84 Å². The van der Waals surface area contributed by atoms with Gasteiger partial charge >= 0.3 is 0 Å². The molecule has 0 aliphatic rings. The molecule has 0 radical (unpaired) electrons. The lowest BCUT2D eigenvalue weighted by molar-refractivity contribution is 0.552. The van der Waals surface area contributed by atoms with Crippen LogP contribution in [-0.2, 0) is 0 Å². The van der Waals surface area contributed by atoms with Crippen LogP contribution >= 0.6 is 15.9 Å². The largest absolute Gasteiger partial charge is 0.271 e. The third-order valence-corrected chi connectivity index (χ3v) is 3.52. The van der Waals surface area contributed by atoms with Gasteiger partial charge in [-0.05, 0) is 47.5 Å². The van der Waals surface area contributed by atoms with Crippen LogP contribution in [0.25, 0.3) is 0 Å². The first-order chi connectivity index (χ1) is 9.04. The van der Waals surface area contributed by atoms with Crippen LogP contribution in [0.1, 0.15) is 28.6 Å². The molecule has 0 saturated carbocycles. The summed E-state index contributed by atoms with van der Waals surface area (Å²) in [6.07, 6.45) is 0. The molecule has 0 amide bonds. The van der Waals surface area contributed by atoms with E-state index in [2.05, 4.69) is 31.6 Å². The number of nitrogens with zero attached hydrogens (tertiary/aromatic N) is 2. The summed E-state index contributed by atoms with van der Waals surface area (Å²) in [7, 11) is 0. The summed E-state index contributed by atoms with van der Waals surface area (Å²) in [4.78, 5) is 0. The summed E-state index contributed by atoms with van der Waals surface area (Å²) in [6.45, 7) is 3.66. The van der Waals surface area contributed by atoms with E-state index < -0.39 is 6.04 Å². The summed E-state index contributed by atoms with van der Waals surface area (Å²) in [5.74, 6) is 5.26. The van der Waals surface area contributed by atoms with Crippen molar-refractivity contribution >= 4 is 15.9 Å². The molecule has 2 aromatic rings. The highest BCUT2D eigenvalue weighted by Crippen LogP contribution is 2.29. The fraction of sp³-hybridized carbons (Fsp3) is 0.231. The summed E-state index contributed by atoms with van der Waals surface area (Å²) < 4.78 is 14.6. The van der Waals surface area contributed by atoms with E-state index in [9.17, 15) is 4.39 Å². The number of rotatable bonds is 3. The number of benzene rings is 1. The Bertz CT molecular complexity index is 601. The van der Waals surface area contributed by atoms with Crippen molar-refractivity contribution in [3.63, 3.8) is 0 Å². The van der Waals surface area contributed by atoms with Crippen molar-refractivity contribution in [1.29, 1.82) is 0 Å². The van der Waals surface area contributed by atoms with Crippen molar-refractivity contribution in [2.75, 3.05) is 0 Å². The fourth-order valence-electron chi connectivity index (χ4n) is 1.95. The molecule has 19 heavy (non-hydrogen) atoms. The van der Waals surface area contributed by atoms with Gasteiger partial charge in [-0.25, -0.2) is 9.82 Å². The second kappa shape index (κ2) is 5.73. The fourth-order valence-corrected chi connectivity index (χ4v) is 2.33. The van der Waals surface area contributed by atoms with Crippen LogP contribution in [0.3, 0.4) is 0 Å². The first-order valence-electron chi connectivity index (χ1n) is 5.75. The number of aryl methyl sites for hydroxylation is 2. The second-order valence-electron chi connectivity index (χ2n) is 4.27. The van der Waals surface area contributed by atoms with Gasteiger partial charge in [-0.1, -0.05) is 12.1 Å². The minimum absolute atomic E-state index is 0.334. The van der Waals surface area contributed by atoms with Crippen molar-refractivity contribution in [2.45, 2.75) is 19.9 Å². The molecule has 3 N–H and O–H groups in total. The predicted octanol–water partition coefficient (Wildman–Crippen LogP) is 2.55. The van der Waals surface area contributed by atoms with Crippen LogP contribution in [0.2, 0.25) is 0 Å². The zero-order chi connectivity index (χ0) is 14.0. The van der Waals surface area contributed by atoms with Crippen LogP contribution in [0.5, 0.6) is 0 Å². The molecule has 4 nitrogen and oxygen atoms in total. The minimum atomic E-state index is -0.466. The van der Waals surface area contributed by atoms with E-state index in [1.165, 1.54) is 0 Å². The Morgan fingerprint density at radius 2 is 2.00 bits per heavy atom. The molecule has 0 aliphatic carbocycles. The third-order valence-electron chi connectivity index (χ3n) is 2.91. The van der Waals surface area contributed by atoms with E-state index >= 15 is 0 Å². The van der Waals surface area contributed by atoms with Crippen molar-refractivity contribution in [3.8, 4) is 0 Å². The van der Waals surface area contributed by atoms with Crippen LogP contribution in [-0.4, -0.2) is 10.2 Å². The highest BCUT2D eigenvalue weighted by atomic mass is 79.9. The zero-order valence-corrected chi connectivity index (χ0v) is 12.2. The molecule has 0 aliphatic heterocycles. The number of aromatic nitrogens is 2. The van der Waals surface area contributed by atoms with Crippen molar-refractivity contribution in [3.05, 3.63) is 57.1 Å². The van der Waals surface area contributed by atoms with Gasteiger partial charge in [-0.3, -0.25) is 5.84 Å². The van der Waals surface area contributed by atoms with Gasteiger partial charge in [0.1, 0.15) is 5.82 Å². The Kier molecular flexibility index (Phi) is 4.24. The molecule has 1 aromatic carbocycles. The number of hydrazine groups is 1. The van der Waals surface area contributed by atoms with E-state index in [4.69, 9.17) is 5.84 Å². The van der Waals surface area contributed by atoms with Gasteiger partial charge in [-0.15, -0.1) is 0 Å². The van der Waals surface area contributed by atoms with Crippen molar-refractivity contribution < 1.29 is 4.39 Å². The Balaban J connectivity index is 2.56. The van der Waals surface area contributed by atoms with Gasteiger partial charge < -0.3 is 0 Å². The van der Waals surface area contributed by atoms with E-state index in [-0.39, 0.29) is 5.82 Å². The summed E-state index contributed by atoms with van der Waals surface area (Å²) in [5.41, 5.74) is 5.40. The smallest absolute Gasteiger partial charge is 0.142 e. The highest BCUT2D eigenvalue weighted by molar-refractivity contribution is 9.10. The highest BCUT2D eigenvalue weighted by Gasteiger charge is 2.20. The monoisotopic (exact) mass is 324 g/mol. The van der Waals surface area contributed by atoms with Gasteiger partial charge in [0, 0.05) is 5.56 Å². The van der Waals surface area contributed by atoms with Gasteiger partial charge in [0.05, 0.1) is 21.9 Å². The van der Waals surface area contributed by atoms with Crippen LogP contribution in [0.4, 0.5) is 4.39 Å². The number of halogens is 2. The first-order valence-corrected chi connectivity index (χ1v) is 6.54. The van der Waals surface area contributed by atoms with E-state index in [0.29, 0.717) is 15.7 Å². The normalized spacial score (nSPS) is 12.5. The van der Waals surface area contributed by atoms with Gasteiger partial charge in [0.25, 0.3) is 0 Å². The average molecular weight is 325 g/mol. The van der Waals surface area contributed by atoms with Gasteiger partial charge in [0.15, 0.2) is 0 Å². The molecule has 2 rings (SSSR count). The minimum Gasteiger partial charge on any atom is -0.271 e. The molecule has 0 fully saturated rings. The molecule has 100 valence electrons. The van der Waals surface area contributed by atoms with E-state index in [1.807, 2.05) is 19.9 Å². The molecular formula is C13H14BrFN4. The van der Waals surface area contributed by atoms with Crippen LogP contribution in [0.15, 0.2) is 28.7 Å². The maximum Gasteiger partial charge on any atom is 0.142 e. The SMILES string of the molecule is Cc1cc(C(NN)c2cccc(Br)c2F)c(C)nn1. The molecule has 0 spiro atoms. The number of nitrogens with two attached hydrogens (primary N) is 1. The first kappa shape index (κ1) is 14.0. The van der Waals surface area contributed by atoms with E-state index in [1.54, 1.807) is 18.2 Å². The lowest BCUT2D eigenvalue weighted by Crippen LogP contribution is -2.30. The summed E-state index contributed by atoms with van der Waals surface area (Å²) >= 11 is 3.18. The molecule has 1 unspecified atom stereocenters.